The van der Waals surface area contributed by atoms with E-state index in [0.29, 0.717) is 0 Å². The van der Waals surface area contributed by atoms with E-state index in [-0.39, 0.29) is 6.04 Å². The van der Waals surface area contributed by atoms with Crippen LogP contribution in [0.1, 0.15) is 18.7 Å². The van der Waals surface area contributed by atoms with Gasteiger partial charge in [0, 0.05) is 40.7 Å². The smallest absolute Gasteiger partial charge is 0.0657 e. The molecule has 4 nitrogen and oxygen atoms in total. The molecule has 0 aliphatic carbocycles. The van der Waals surface area contributed by atoms with Gasteiger partial charge < -0.3 is 11.1 Å². The second-order valence-electron chi connectivity index (χ2n) is 4.74. The second kappa shape index (κ2) is 5.17. The van der Waals surface area contributed by atoms with Crippen molar-refractivity contribution in [1.29, 1.82) is 0 Å². The first-order valence-electron chi connectivity index (χ1n) is 6.55. The van der Waals surface area contributed by atoms with Crippen molar-refractivity contribution in [2.45, 2.75) is 13.0 Å². The number of nitrogen functional groups attached to an aromatic ring is 1. The van der Waals surface area contributed by atoms with E-state index >= 15 is 0 Å². The van der Waals surface area contributed by atoms with E-state index in [1.165, 1.54) is 0 Å². The molecule has 2 heterocycles. The third-order valence-corrected chi connectivity index (χ3v) is 3.36. The Balaban J connectivity index is 1.97. The quantitative estimate of drug-likeness (QED) is 0.712. The number of rotatable bonds is 3. The summed E-state index contributed by atoms with van der Waals surface area (Å²) in [6.45, 7) is 2.09. The van der Waals surface area contributed by atoms with E-state index in [1.54, 1.807) is 18.6 Å². The lowest BCUT2D eigenvalue weighted by atomic mass is 10.1. The summed E-state index contributed by atoms with van der Waals surface area (Å²) in [5.74, 6) is 0. The molecule has 1 aromatic carbocycles. The van der Waals surface area contributed by atoms with Gasteiger partial charge in [0.15, 0.2) is 0 Å². The molecular formula is C16H16N4. The van der Waals surface area contributed by atoms with Gasteiger partial charge in [-0.15, -0.1) is 0 Å². The Morgan fingerprint density at radius 1 is 1.05 bits per heavy atom. The maximum absolute atomic E-state index is 5.99. The van der Waals surface area contributed by atoms with Crippen molar-refractivity contribution in [3.63, 3.8) is 0 Å². The molecule has 0 aliphatic rings. The van der Waals surface area contributed by atoms with Crippen LogP contribution in [0.5, 0.6) is 0 Å². The number of nitrogens with one attached hydrogen (secondary N) is 1. The van der Waals surface area contributed by atoms with Crippen LogP contribution in [0.25, 0.3) is 10.8 Å². The van der Waals surface area contributed by atoms with Gasteiger partial charge in [0.2, 0.25) is 0 Å². The number of hydrogen-bond acceptors (Lipinski definition) is 4. The molecule has 3 rings (SSSR count). The summed E-state index contributed by atoms with van der Waals surface area (Å²) in [5.41, 5.74) is 8.77. The highest BCUT2D eigenvalue weighted by Gasteiger charge is 2.09. The fraction of sp³-hybridized carbons (Fsp3) is 0.125. The van der Waals surface area contributed by atoms with Crippen LogP contribution in [0.4, 0.5) is 11.4 Å². The molecule has 20 heavy (non-hydrogen) atoms. The van der Waals surface area contributed by atoms with Gasteiger partial charge in [0.05, 0.1) is 11.7 Å². The minimum absolute atomic E-state index is 0.121. The Morgan fingerprint density at radius 3 is 2.75 bits per heavy atom. The van der Waals surface area contributed by atoms with Gasteiger partial charge in [-0.1, -0.05) is 6.07 Å². The number of pyridine rings is 2. The molecule has 4 heteroatoms. The van der Waals surface area contributed by atoms with Gasteiger partial charge in [0.25, 0.3) is 0 Å². The fourth-order valence-electron chi connectivity index (χ4n) is 2.28. The molecule has 0 saturated carbocycles. The van der Waals surface area contributed by atoms with Crippen LogP contribution in [-0.4, -0.2) is 9.97 Å². The normalized spacial score (nSPS) is 12.2. The number of fused-ring (bicyclic) bond motifs is 1. The molecule has 0 radical (unpaired) electrons. The van der Waals surface area contributed by atoms with E-state index in [1.807, 2.05) is 36.4 Å². The van der Waals surface area contributed by atoms with E-state index in [4.69, 9.17) is 5.73 Å². The van der Waals surface area contributed by atoms with Gasteiger partial charge in [0.1, 0.15) is 0 Å². The summed E-state index contributed by atoms with van der Waals surface area (Å²) < 4.78 is 0. The number of anilines is 2. The van der Waals surface area contributed by atoms with Crippen molar-refractivity contribution in [1.82, 2.24) is 9.97 Å². The van der Waals surface area contributed by atoms with E-state index < -0.39 is 0 Å². The Bertz CT molecular complexity index is 725. The largest absolute Gasteiger partial charge is 0.398 e. The standard InChI is InChI=1S/C16H16N4/c1-11(15-4-2-3-8-19-15)20-16-6-5-14(17)13-10-18-9-7-12(13)16/h2-11,20H,17H2,1H3. The SMILES string of the molecule is CC(Nc1ccc(N)c2cnccc12)c1ccccn1. The van der Waals surface area contributed by atoms with Crippen molar-refractivity contribution in [3.8, 4) is 0 Å². The average molecular weight is 264 g/mol. The molecular weight excluding hydrogens is 248 g/mol. The molecule has 1 unspecified atom stereocenters. The highest BCUT2D eigenvalue weighted by Crippen LogP contribution is 2.29. The van der Waals surface area contributed by atoms with Gasteiger partial charge in [-0.3, -0.25) is 9.97 Å². The highest BCUT2D eigenvalue weighted by molar-refractivity contribution is 6.00. The number of aromatic nitrogens is 2. The second-order valence-corrected chi connectivity index (χ2v) is 4.74. The molecule has 0 amide bonds. The molecule has 0 bridgehead atoms. The molecule has 100 valence electrons. The first-order valence-corrected chi connectivity index (χ1v) is 6.55. The van der Waals surface area contributed by atoms with Crippen molar-refractivity contribution in [2.75, 3.05) is 11.1 Å². The molecule has 2 aromatic heterocycles. The zero-order valence-electron chi connectivity index (χ0n) is 11.2. The molecule has 0 saturated heterocycles. The summed E-state index contributed by atoms with van der Waals surface area (Å²) in [5, 5.41) is 5.52. The molecule has 0 fully saturated rings. The number of benzene rings is 1. The van der Waals surface area contributed by atoms with Crippen LogP contribution in [0.15, 0.2) is 55.0 Å². The van der Waals surface area contributed by atoms with E-state index in [9.17, 15) is 0 Å². The van der Waals surface area contributed by atoms with Crippen LogP contribution in [-0.2, 0) is 0 Å². The lowest BCUT2D eigenvalue weighted by Gasteiger charge is -2.17. The van der Waals surface area contributed by atoms with E-state index in [2.05, 4.69) is 22.2 Å². The number of nitrogens with two attached hydrogens (primary N) is 1. The maximum atomic E-state index is 5.99. The topological polar surface area (TPSA) is 63.8 Å². The third kappa shape index (κ3) is 2.28. The first-order chi connectivity index (χ1) is 9.75. The molecule has 3 N–H and O–H groups in total. The lowest BCUT2D eigenvalue weighted by Crippen LogP contribution is -2.08. The Kier molecular flexibility index (Phi) is 3.21. The predicted octanol–water partition coefficient (Wildman–Crippen LogP) is 3.39. The number of nitrogens with zero attached hydrogens (tertiary/aromatic N) is 2. The molecule has 0 aliphatic heterocycles. The van der Waals surface area contributed by atoms with Crippen LogP contribution >= 0.6 is 0 Å². The average Bonchev–Trinajstić information content (AvgIpc) is 2.51. The fourth-order valence-corrected chi connectivity index (χ4v) is 2.28. The van der Waals surface area contributed by atoms with Crippen molar-refractivity contribution in [3.05, 3.63) is 60.7 Å². The monoisotopic (exact) mass is 264 g/mol. The summed E-state index contributed by atoms with van der Waals surface area (Å²) in [6.07, 6.45) is 5.37. The molecule has 1 atom stereocenters. The Morgan fingerprint density at radius 2 is 1.95 bits per heavy atom. The molecule has 0 spiro atoms. The van der Waals surface area contributed by atoms with E-state index in [0.717, 1.165) is 27.8 Å². The summed E-state index contributed by atoms with van der Waals surface area (Å²) in [7, 11) is 0. The van der Waals surface area contributed by atoms with Crippen LogP contribution < -0.4 is 11.1 Å². The minimum Gasteiger partial charge on any atom is -0.398 e. The van der Waals surface area contributed by atoms with Crippen molar-refractivity contribution >= 4 is 22.1 Å². The summed E-state index contributed by atoms with van der Waals surface area (Å²) in [4.78, 5) is 8.50. The minimum atomic E-state index is 0.121. The van der Waals surface area contributed by atoms with Gasteiger partial charge in [-0.25, -0.2) is 0 Å². The summed E-state index contributed by atoms with van der Waals surface area (Å²) >= 11 is 0. The first kappa shape index (κ1) is 12.4. The highest BCUT2D eigenvalue weighted by atomic mass is 14.9. The van der Waals surface area contributed by atoms with Crippen LogP contribution in [0.3, 0.4) is 0 Å². The van der Waals surface area contributed by atoms with Gasteiger partial charge >= 0.3 is 0 Å². The van der Waals surface area contributed by atoms with Gasteiger partial charge in [-0.05, 0) is 37.3 Å². The lowest BCUT2D eigenvalue weighted by molar-refractivity contribution is 0.841. The van der Waals surface area contributed by atoms with Crippen molar-refractivity contribution < 1.29 is 0 Å². The number of hydrogen-bond donors (Lipinski definition) is 2. The molecule has 3 aromatic rings. The van der Waals surface area contributed by atoms with Crippen LogP contribution in [0.2, 0.25) is 0 Å². The Labute approximate surface area is 117 Å². The third-order valence-electron chi connectivity index (χ3n) is 3.36. The summed E-state index contributed by atoms with van der Waals surface area (Å²) in [6, 6.07) is 11.9. The zero-order chi connectivity index (χ0) is 13.9. The zero-order valence-corrected chi connectivity index (χ0v) is 11.2. The van der Waals surface area contributed by atoms with Crippen molar-refractivity contribution in [2.24, 2.45) is 0 Å². The Hall–Kier alpha value is -2.62. The van der Waals surface area contributed by atoms with Gasteiger partial charge in [-0.2, -0.15) is 0 Å². The van der Waals surface area contributed by atoms with Crippen LogP contribution in [0, 0.1) is 0 Å². The predicted molar refractivity (Wildman–Crippen MR) is 82.4 cm³/mol. The maximum Gasteiger partial charge on any atom is 0.0657 e.